The highest BCUT2D eigenvalue weighted by atomic mass is 32.2. The molecule has 0 aromatic heterocycles. The lowest BCUT2D eigenvalue weighted by Gasteiger charge is -2.43. The second-order valence-corrected chi connectivity index (χ2v) is 9.49. The van der Waals surface area contributed by atoms with E-state index in [1.807, 2.05) is 11.8 Å². The lowest BCUT2D eigenvalue weighted by molar-refractivity contribution is -0.137. The number of thioether (sulfide) groups is 1. The number of carbonyl (C=O) groups excluding carboxylic acids is 1. The molecule has 4 rings (SSSR count). The van der Waals surface area contributed by atoms with Crippen molar-refractivity contribution in [1.29, 1.82) is 0 Å². The Hall–Kier alpha value is -1.04. The Morgan fingerprint density at radius 3 is 2.44 bits per heavy atom. The first-order valence-corrected chi connectivity index (χ1v) is 11.8. The van der Waals surface area contributed by atoms with Gasteiger partial charge >= 0.3 is 0 Å². The van der Waals surface area contributed by atoms with Gasteiger partial charge in [-0.1, -0.05) is 30.3 Å². The summed E-state index contributed by atoms with van der Waals surface area (Å²) in [6.07, 6.45) is 4.76. The number of piperidine rings is 2. The summed E-state index contributed by atoms with van der Waals surface area (Å²) in [5.41, 5.74) is 1.42. The van der Waals surface area contributed by atoms with E-state index in [-0.39, 0.29) is 5.92 Å². The van der Waals surface area contributed by atoms with Crippen molar-refractivity contribution < 1.29 is 4.79 Å². The minimum absolute atomic E-state index is 0.240. The number of benzene rings is 1. The molecule has 1 aromatic rings. The molecule has 0 saturated carbocycles. The predicted octanol–water partition coefficient (Wildman–Crippen LogP) is 2.94. The van der Waals surface area contributed by atoms with E-state index in [9.17, 15) is 4.79 Å². The van der Waals surface area contributed by atoms with Crippen LogP contribution in [0.2, 0.25) is 0 Å². The van der Waals surface area contributed by atoms with Gasteiger partial charge in [0.15, 0.2) is 0 Å². The summed E-state index contributed by atoms with van der Waals surface area (Å²) in [4.78, 5) is 20.3. The Kier molecular flexibility index (Phi) is 6.74. The molecule has 0 N–H and O–H groups in total. The number of carbonyl (C=O) groups is 1. The van der Waals surface area contributed by atoms with E-state index < -0.39 is 0 Å². The molecule has 148 valence electrons. The fraction of sp³-hybridized carbons (Fsp3) is 0.682. The van der Waals surface area contributed by atoms with Gasteiger partial charge in [0.05, 0.1) is 5.92 Å². The number of likely N-dealkylation sites (tertiary alicyclic amines) is 2. The quantitative estimate of drug-likeness (QED) is 0.794. The predicted molar refractivity (Wildman–Crippen MR) is 113 cm³/mol. The summed E-state index contributed by atoms with van der Waals surface area (Å²) in [5, 5.41) is 0. The fourth-order valence-electron chi connectivity index (χ4n) is 4.87. The molecular weight excluding hydrogens is 354 g/mol. The van der Waals surface area contributed by atoms with Crippen LogP contribution in [0.25, 0.3) is 0 Å². The summed E-state index contributed by atoms with van der Waals surface area (Å²) in [6, 6.07) is 11.5. The molecule has 5 heteroatoms. The number of rotatable bonds is 4. The van der Waals surface area contributed by atoms with E-state index in [2.05, 4.69) is 45.0 Å². The number of nitrogens with zero attached hydrogens (tertiary/aromatic N) is 3. The first-order valence-electron chi connectivity index (χ1n) is 10.7. The van der Waals surface area contributed by atoms with Crippen LogP contribution in [-0.4, -0.2) is 77.4 Å². The van der Waals surface area contributed by atoms with Gasteiger partial charge in [-0.05, 0) is 50.9 Å². The highest BCUT2D eigenvalue weighted by molar-refractivity contribution is 7.99. The zero-order chi connectivity index (χ0) is 18.5. The van der Waals surface area contributed by atoms with Crippen molar-refractivity contribution in [3.05, 3.63) is 35.9 Å². The molecule has 3 fully saturated rings. The van der Waals surface area contributed by atoms with Gasteiger partial charge < -0.3 is 4.90 Å². The van der Waals surface area contributed by atoms with Crippen LogP contribution in [0.4, 0.5) is 0 Å². The van der Waals surface area contributed by atoms with E-state index in [4.69, 9.17) is 0 Å². The van der Waals surface area contributed by atoms with Crippen LogP contribution < -0.4 is 0 Å². The van der Waals surface area contributed by atoms with Crippen LogP contribution in [0.5, 0.6) is 0 Å². The second-order valence-electron chi connectivity index (χ2n) is 8.26. The third-order valence-electron chi connectivity index (χ3n) is 6.45. The molecule has 0 aliphatic carbocycles. The molecule has 3 heterocycles. The van der Waals surface area contributed by atoms with Crippen molar-refractivity contribution >= 4 is 17.7 Å². The molecule has 0 spiro atoms. The van der Waals surface area contributed by atoms with Gasteiger partial charge in [-0.3, -0.25) is 14.6 Å². The van der Waals surface area contributed by atoms with Gasteiger partial charge in [-0.2, -0.15) is 11.8 Å². The Labute approximate surface area is 168 Å². The third kappa shape index (κ3) is 5.07. The smallest absolute Gasteiger partial charge is 0.227 e. The van der Waals surface area contributed by atoms with Gasteiger partial charge in [0.25, 0.3) is 0 Å². The SMILES string of the molecule is O=C(C1CCCN(C2CCN(Cc3ccccc3)CC2)C1)N1CCSCC1. The molecule has 3 aliphatic heterocycles. The largest absolute Gasteiger partial charge is 0.341 e. The third-order valence-corrected chi connectivity index (χ3v) is 7.39. The molecule has 3 saturated heterocycles. The number of hydrogen-bond acceptors (Lipinski definition) is 4. The average molecular weight is 388 g/mol. The average Bonchev–Trinajstić information content (AvgIpc) is 2.75. The molecular formula is C22H33N3OS. The molecule has 1 unspecified atom stereocenters. The lowest BCUT2D eigenvalue weighted by Crippen LogP contribution is -2.52. The topological polar surface area (TPSA) is 26.8 Å². The maximum Gasteiger partial charge on any atom is 0.227 e. The van der Waals surface area contributed by atoms with E-state index in [1.54, 1.807) is 0 Å². The van der Waals surface area contributed by atoms with Crippen molar-refractivity contribution in [2.75, 3.05) is 50.8 Å². The van der Waals surface area contributed by atoms with E-state index in [0.717, 1.165) is 44.1 Å². The normalized spacial score (nSPS) is 26.2. The molecule has 3 aliphatic rings. The summed E-state index contributed by atoms with van der Waals surface area (Å²) in [7, 11) is 0. The molecule has 27 heavy (non-hydrogen) atoms. The minimum atomic E-state index is 0.240. The molecule has 1 atom stereocenters. The number of amides is 1. The minimum Gasteiger partial charge on any atom is -0.341 e. The maximum absolute atomic E-state index is 12.9. The maximum atomic E-state index is 12.9. The second kappa shape index (κ2) is 9.44. The van der Waals surface area contributed by atoms with Crippen LogP contribution in [0.1, 0.15) is 31.2 Å². The van der Waals surface area contributed by atoms with Crippen LogP contribution in [-0.2, 0) is 11.3 Å². The van der Waals surface area contributed by atoms with Crippen LogP contribution >= 0.6 is 11.8 Å². The zero-order valence-corrected chi connectivity index (χ0v) is 17.2. The summed E-state index contributed by atoms with van der Waals surface area (Å²) in [6.45, 7) is 7.52. The van der Waals surface area contributed by atoms with E-state index in [0.29, 0.717) is 11.9 Å². The van der Waals surface area contributed by atoms with Crippen molar-refractivity contribution in [3.63, 3.8) is 0 Å². The fourth-order valence-corrected chi connectivity index (χ4v) is 5.77. The van der Waals surface area contributed by atoms with Crippen LogP contribution in [0.3, 0.4) is 0 Å². The Morgan fingerprint density at radius 2 is 1.70 bits per heavy atom. The number of hydrogen-bond donors (Lipinski definition) is 0. The monoisotopic (exact) mass is 387 g/mol. The van der Waals surface area contributed by atoms with Crippen molar-refractivity contribution in [3.8, 4) is 0 Å². The molecule has 1 amide bonds. The van der Waals surface area contributed by atoms with Crippen LogP contribution in [0, 0.1) is 5.92 Å². The Bertz CT molecular complexity index is 597. The van der Waals surface area contributed by atoms with Gasteiger partial charge in [-0.15, -0.1) is 0 Å². The molecule has 0 bridgehead atoms. The first-order chi connectivity index (χ1) is 13.3. The molecule has 1 aromatic carbocycles. The van der Waals surface area contributed by atoms with Crippen molar-refractivity contribution in [2.45, 2.75) is 38.3 Å². The molecule has 0 radical (unpaired) electrons. The van der Waals surface area contributed by atoms with Gasteiger partial charge in [0, 0.05) is 43.7 Å². The first kappa shape index (κ1) is 19.3. The van der Waals surface area contributed by atoms with E-state index >= 15 is 0 Å². The van der Waals surface area contributed by atoms with Gasteiger partial charge in [0.1, 0.15) is 0 Å². The van der Waals surface area contributed by atoms with Crippen LogP contribution in [0.15, 0.2) is 30.3 Å². The highest BCUT2D eigenvalue weighted by Crippen LogP contribution is 2.26. The van der Waals surface area contributed by atoms with E-state index in [1.165, 1.54) is 44.5 Å². The standard InChI is InChI=1S/C22H33N3OS/c26-22(24-13-15-27-16-14-24)20-7-4-10-25(18-20)21-8-11-23(12-9-21)17-19-5-2-1-3-6-19/h1-3,5-6,20-21H,4,7-18H2. The summed E-state index contributed by atoms with van der Waals surface area (Å²) >= 11 is 1.98. The van der Waals surface area contributed by atoms with Gasteiger partial charge in [-0.25, -0.2) is 0 Å². The molecule has 4 nitrogen and oxygen atoms in total. The highest BCUT2D eigenvalue weighted by Gasteiger charge is 2.33. The zero-order valence-electron chi connectivity index (χ0n) is 16.4. The Morgan fingerprint density at radius 1 is 0.963 bits per heavy atom. The van der Waals surface area contributed by atoms with Crippen molar-refractivity contribution in [2.24, 2.45) is 5.92 Å². The summed E-state index contributed by atoms with van der Waals surface area (Å²) < 4.78 is 0. The van der Waals surface area contributed by atoms with Crippen molar-refractivity contribution in [1.82, 2.24) is 14.7 Å². The Balaban J connectivity index is 1.26. The summed E-state index contributed by atoms with van der Waals surface area (Å²) in [5.74, 6) is 2.90. The van der Waals surface area contributed by atoms with Gasteiger partial charge in [0.2, 0.25) is 5.91 Å². The lowest BCUT2D eigenvalue weighted by atomic mass is 9.92.